The number of nitrogens with zero attached hydrogens (tertiary/aromatic N) is 1. The summed E-state index contributed by atoms with van der Waals surface area (Å²) in [5.41, 5.74) is 8.15. The Balaban J connectivity index is 2.12. The van der Waals surface area contributed by atoms with E-state index in [1.165, 1.54) is 5.56 Å². The quantitative estimate of drug-likeness (QED) is 0.921. The normalized spacial score (nSPS) is 12.6. The van der Waals surface area contributed by atoms with Crippen LogP contribution in [0.2, 0.25) is 5.02 Å². The number of rotatable bonds is 4. The highest BCUT2D eigenvalue weighted by Crippen LogP contribution is 2.24. The minimum absolute atomic E-state index is 0.301. The largest absolute Gasteiger partial charge is 0.330 e. The summed E-state index contributed by atoms with van der Waals surface area (Å²) in [6.07, 6.45) is 0.917. The predicted molar refractivity (Wildman–Crippen MR) is 73.8 cm³/mol. The maximum atomic E-state index is 5.87. The van der Waals surface area contributed by atoms with Gasteiger partial charge >= 0.3 is 0 Å². The smallest absolute Gasteiger partial charge is 0.0975 e. The van der Waals surface area contributed by atoms with Crippen molar-refractivity contribution in [2.75, 3.05) is 6.54 Å². The highest BCUT2D eigenvalue weighted by atomic mass is 35.5. The molecule has 0 saturated heterocycles. The second kappa shape index (κ2) is 5.63. The first-order chi connectivity index (χ1) is 8.19. The molecule has 2 rings (SSSR count). The van der Waals surface area contributed by atoms with E-state index in [1.807, 2.05) is 31.2 Å². The summed E-state index contributed by atoms with van der Waals surface area (Å²) in [5.74, 6) is 0.301. The molecule has 0 saturated carbocycles. The van der Waals surface area contributed by atoms with Gasteiger partial charge in [-0.1, -0.05) is 23.7 Å². The first-order valence-electron chi connectivity index (χ1n) is 5.55. The Morgan fingerprint density at radius 1 is 1.35 bits per heavy atom. The topological polar surface area (TPSA) is 38.9 Å². The molecule has 0 spiro atoms. The van der Waals surface area contributed by atoms with Gasteiger partial charge in [-0.05, 0) is 31.0 Å². The van der Waals surface area contributed by atoms with Gasteiger partial charge in [0.2, 0.25) is 0 Å². The van der Waals surface area contributed by atoms with E-state index in [2.05, 4.69) is 10.4 Å². The second-order valence-corrected chi connectivity index (χ2v) is 5.42. The molecule has 4 heteroatoms. The summed E-state index contributed by atoms with van der Waals surface area (Å²) in [4.78, 5) is 4.51. The van der Waals surface area contributed by atoms with Crippen molar-refractivity contribution in [2.45, 2.75) is 19.3 Å². The van der Waals surface area contributed by atoms with E-state index < -0.39 is 0 Å². The van der Waals surface area contributed by atoms with Crippen LogP contribution in [0, 0.1) is 6.92 Å². The SMILES string of the molecule is Cc1csc(C(CN)Cc2ccc(Cl)cc2)n1. The lowest BCUT2D eigenvalue weighted by atomic mass is 10.0. The monoisotopic (exact) mass is 266 g/mol. The molecule has 0 fully saturated rings. The van der Waals surface area contributed by atoms with E-state index in [9.17, 15) is 0 Å². The van der Waals surface area contributed by atoms with Crippen molar-refractivity contribution in [3.63, 3.8) is 0 Å². The molecule has 1 atom stereocenters. The molecule has 0 aliphatic carbocycles. The molecule has 2 nitrogen and oxygen atoms in total. The molecule has 90 valence electrons. The zero-order valence-corrected chi connectivity index (χ0v) is 11.3. The van der Waals surface area contributed by atoms with Gasteiger partial charge < -0.3 is 5.73 Å². The van der Waals surface area contributed by atoms with Gasteiger partial charge in [0.15, 0.2) is 0 Å². The van der Waals surface area contributed by atoms with Crippen LogP contribution in [0.4, 0.5) is 0 Å². The fraction of sp³-hybridized carbons (Fsp3) is 0.308. The van der Waals surface area contributed by atoms with Crippen LogP contribution in [0.15, 0.2) is 29.6 Å². The van der Waals surface area contributed by atoms with Gasteiger partial charge in [-0.2, -0.15) is 0 Å². The van der Waals surface area contributed by atoms with Crippen LogP contribution >= 0.6 is 22.9 Å². The van der Waals surface area contributed by atoms with Crippen LogP contribution in [-0.2, 0) is 6.42 Å². The summed E-state index contributed by atoms with van der Waals surface area (Å²) in [5, 5.41) is 3.96. The third-order valence-corrected chi connectivity index (χ3v) is 4.04. The van der Waals surface area contributed by atoms with E-state index in [0.717, 1.165) is 22.1 Å². The number of hydrogen-bond donors (Lipinski definition) is 1. The standard InChI is InChI=1S/C13H15ClN2S/c1-9-8-17-13(16-9)11(7-15)6-10-2-4-12(14)5-3-10/h2-5,8,11H,6-7,15H2,1H3. The Morgan fingerprint density at radius 2 is 2.06 bits per heavy atom. The average molecular weight is 267 g/mol. The molecule has 0 radical (unpaired) electrons. The van der Waals surface area contributed by atoms with Gasteiger partial charge in [0.1, 0.15) is 0 Å². The third-order valence-electron chi connectivity index (χ3n) is 2.67. The van der Waals surface area contributed by atoms with Gasteiger partial charge in [0.05, 0.1) is 5.01 Å². The van der Waals surface area contributed by atoms with Crippen LogP contribution < -0.4 is 5.73 Å². The molecule has 1 unspecified atom stereocenters. The number of nitrogens with two attached hydrogens (primary N) is 1. The molecule has 0 bridgehead atoms. The first-order valence-corrected chi connectivity index (χ1v) is 6.81. The summed E-state index contributed by atoms with van der Waals surface area (Å²) in [6, 6.07) is 7.92. The second-order valence-electron chi connectivity index (χ2n) is 4.09. The zero-order valence-electron chi connectivity index (χ0n) is 9.69. The Hall–Kier alpha value is -0.900. The number of aromatic nitrogens is 1. The van der Waals surface area contributed by atoms with Crippen molar-refractivity contribution < 1.29 is 0 Å². The van der Waals surface area contributed by atoms with Crippen LogP contribution in [0.3, 0.4) is 0 Å². The molecule has 0 aliphatic rings. The summed E-state index contributed by atoms with van der Waals surface area (Å²) >= 11 is 7.55. The van der Waals surface area contributed by atoms with E-state index >= 15 is 0 Å². The van der Waals surface area contributed by atoms with Crippen LogP contribution in [0.5, 0.6) is 0 Å². The molecular weight excluding hydrogens is 252 g/mol. The first kappa shape index (κ1) is 12.6. The van der Waals surface area contributed by atoms with Gasteiger partial charge in [-0.25, -0.2) is 4.98 Å². The fourth-order valence-corrected chi connectivity index (χ4v) is 2.77. The molecule has 0 amide bonds. The Morgan fingerprint density at radius 3 is 2.59 bits per heavy atom. The predicted octanol–water partition coefficient (Wildman–Crippen LogP) is 3.39. The maximum absolute atomic E-state index is 5.87. The molecule has 2 aromatic rings. The molecule has 1 aromatic carbocycles. The van der Waals surface area contributed by atoms with Crippen molar-refractivity contribution in [3.8, 4) is 0 Å². The van der Waals surface area contributed by atoms with Gasteiger partial charge in [-0.3, -0.25) is 0 Å². The lowest BCUT2D eigenvalue weighted by Gasteiger charge is -2.11. The zero-order chi connectivity index (χ0) is 12.3. The van der Waals surface area contributed by atoms with Crippen molar-refractivity contribution in [1.82, 2.24) is 4.98 Å². The Kier molecular flexibility index (Phi) is 4.15. The van der Waals surface area contributed by atoms with E-state index in [0.29, 0.717) is 12.5 Å². The average Bonchev–Trinajstić information content (AvgIpc) is 2.75. The number of hydrogen-bond acceptors (Lipinski definition) is 3. The number of halogens is 1. The van der Waals surface area contributed by atoms with Crippen LogP contribution in [0.1, 0.15) is 22.2 Å². The molecular formula is C13H15ClN2S. The highest BCUT2D eigenvalue weighted by molar-refractivity contribution is 7.09. The fourth-order valence-electron chi connectivity index (χ4n) is 1.74. The van der Waals surface area contributed by atoms with Gasteiger partial charge in [0.25, 0.3) is 0 Å². The van der Waals surface area contributed by atoms with Gasteiger partial charge in [0, 0.05) is 28.6 Å². The molecule has 2 N–H and O–H groups in total. The van der Waals surface area contributed by atoms with Crippen molar-refractivity contribution in [2.24, 2.45) is 5.73 Å². The molecule has 0 aliphatic heterocycles. The maximum Gasteiger partial charge on any atom is 0.0975 e. The molecule has 1 aromatic heterocycles. The summed E-state index contributed by atoms with van der Waals surface area (Å²) in [7, 11) is 0. The third kappa shape index (κ3) is 3.28. The van der Waals surface area contributed by atoms with E-state index in [4.69, 9.17) is 17.3 Å². The number of aryl methyl sites for hydroxylation is 1. The highest BCUT2D eigenvalue weighted by Gasteiger charge is 2.14. The number of benzene rings is 1. The van der Waals surface area contributed by atoms with Crippen LogP contribution in [0.25, 0.3) is 0 Å². The van der Waals surface area contributed by atoms with E-state index in [-0.39, 0.29) is 0 Å². The van der Waals surface area contributed by atoms with E-state index in [1.54, 1.807) is 11.3 Å². The minimum atomic E-state index is 0.301. The Labute approximate surface area is 110 Å². The van der Waals surface area contributed by atoms with Gasteiger partial charge in [-0.15, -0.1) is 11.3 Å². The van der Waals surface area contributed by atoms with Crippen molar-refractivity contribution >= 4 is 22.9 Å². The minimum Gasteiger partial charge on any atom is -0.330 e. The lowest BCUT2D eigenvalue weighted by Crippen LogP contribution is -2.14. The molecule has 1 heterocycles. The Bertz CT molecular complexity index is 478. The van der Waals surface area contributed by atoms with Crippen molar-refractivity contribution in [1.29, 1.82) is 0 Å². The molecule has 17 heavy (non-hydrogen) atoms. The number of thiazole rings is 1. The van der Waals surface area contributed by atoms with Crippen LogP contribution in [-0.4, -0.2) is 11.5 Å². The summed E-state index contributed by atoms with van der Waals surface area (Å²) < 4.78 is 0. The summed E-state index contributed by atoms with van der Waals surface area (Å²) in [6.45, 7) is 2.63. The van der Waals surface area contributed by atoms with Crippen molar-refractivity contribution in [3.05, 3.63) is 50.9 Å². The lowest BCUT2D eigenvalue weighted by molar-refractivity contribution is 0.687.